The highest BCUT2D eigenvalue weighted by atomic mass is 16.6. The Balaban J connectivity index is 1.95. The molecule has 176 valence electrons. The summed E-state index contributed by atoms with van der Waals surface area (Å²) in [5, 5.41) is 1.01. The molecule has 0 aliphatic carbocycles. The molecule has 1 aliphatic heterocycles. The molecule has 1 fully saturated rings. The van der Waals surface area contributed by atoms with Crippen molar-refractivity contribution in [2.75, 3.05) is 20.2 Å². The molecule has 1 aliphatic rings. The molecule has 2 atom stereocenters. The summed E-state index contributed by atoms with van der Waals surface area (Å²) >= 11 is 0. The highest BCUT2D eigenvalue weighted by Crippen LogP contribution is 2.37. The highest BCUT2D eigenvalue weighted by Gasteiger charge is 2.36. The maximum absolute atomic E-state index is 13.0. The van der Waals surface area contributed by atoms with Crippen LogP contribution in [0.4, 0.5) is 9.59 Å². The van der Waals surface area contributed by atoms with Gasteiger partial charge in [-0.05, 0) is 66.0 Å². The fraction of sp³-hybridized carbons (Fsp3) is 0.600. The van der Waals surface area contributed by atoms with Gasteiger partial charge in [0.05, 0.1) is 18.2 Å². The van der Waals surface area contributed by atoms with Crippen LogP contribution in [0.5, 0.6) is 0 Å². The number of hydrogen-bond donors (Lipinski definition) is 0. The van der Waals surface area contributed by atoms with Gasteiger partial charge < -0.3 is 19.1 Å². The van der Waals surface area contributed by atoms with Crippen molar-refractivity contribution >= 4 is 23.1 Å². The Morgan fingerprint density at radius 2 is 1.62 bits per heavy atom. The van der Waals surface area contributed by atoms with Crippen LogP contribution in [0.3, 0.4) is 0 Å². The number of fused-ring (bicyclic) bond motifs is 1. The van der Waals surface area contributed by atoms with E-state index < -0.39 is 17.3 Å². The zero-order valence-electron chi connectivity index (χ0n) is 20.5. The molecule has 7 nitrogen and oxygen atoms in total. The van der Waals surface area contributed by atoms with Crippen molar-refractivity contribution in [2.45, 2.75) is 78.1 Å². The number of methoxy groups -OCH3 is 1. The van der Waals surface area contributed by atoms with E-state index in [1.165, 1.54) is 0 Å². The lowest BCUT2D eigenvalue weighted by Gasteiger charge is -2.38. The maximum atomic E-state index is 13.0. The summed E-state index contributed by atoms with van der Waals surface area (Å²) in [6.07, 6.45) is 1.65. The Bertz CT molecular complexity index is 996. The molecule has 0 bridgehead atoms. The summed E-state index contributed by atoms with van der Waals surface area (Å²) in [5.41, 5.74) is 1.74. The predicted octanol–water partition coefficient (Wildman–Crippen LogP) is 5.47. The number of benzene rings is 1. The number of amides is 1. The lowest BCUT2D eigenvalue weighted by atomic mass is 9.86. The van der Waals surface area contributed by atoms with Gasteiger partial charge in [0.15, 0.2) is 0 Å². The number of aryl methyl sites for hydroxylation is 1. The molecular weight excluding hydrogens is 408 g/mol. The third-order valence-electron chi connectivity index (χ3n) is 5.56. The monoisotopic (exact) mass is 444 g/mol. The quantitative estimate of drug-likeness (QED) is 0.614. The first-order valence-corrected chi connectivity index (χ1v) is 11.2. The standard InChI is InChI=1S/C25H36N2O5/c1-16-10-9-11-18-19(14-27(21(16)18)23(29)32-25(5,6)7)17-12-13-26(15-20(17)30-8)22(28)31-24(2,3)4/h9-11,14,17,20H,12-13,15H2,1-8H3. The molecule has 2 aromatic rings. The van der Waals surface area contributed by atoms with Gasteiger partial charge in [0.1, 0.15) is 11.2 Å². The SMILES string of the molecule is COC1CN(C(=O)OC(C)(C)C)CCC1c1cn(C(=O)OC(C)(C)C)c2c(C)cccc12. The molecular formula is C25H36N2O5. The third-order valence-corrected chi connectivity index (χ3v) is 5.56. The first kappa shape index (κ1) is 24.1. The van der Waals surface area contributed by atoms with Crippen molar-refractivity contribution in [3.05, 3.63) is 35.5 Å². The topological polar surface area (TPSA) is 70.0 Å². The predicted molar refractivity (Wildman–Crippen MR) is 124 cm³/mol. The number of piperidine rings is 1. The number of likely N-dealkylation sites (tertiary alicyclic amines) is 1. The van der Waals surface area contributed by atoms with Gasteiger partial charge in [0.2, 0.25) is 0 Å². The molecule has 1 aromatic carbocycles. The molecule has 0 spiro atoms. The van der Waals surface area contributed by atoms with E-state index in [1.807, 2.05) is 72.9 Å². The van der Waals surface area contributed by atoms with Crippen LogP contribution in [-0.2, 0) is 14.2 Å². The second kappa shape index (κ2) is 8.77. The summed E-state index contributed by atoms with van der Waals surface area (Å²) in [4.78, 5) is 27.3. The zero-order valence-corrected chi connectivity index (χ0v) is 20.5. The van der Waals surface area contributed by atoms with Crippen LogP contribution in [0.15, 0.2) is 24.4 Å². The van der Waals surface area contributed by atoms with Crippen LogP contribution >= 0.6 is 0 Å². The molecule has 1 amide bonds. The van der Waals surface area contributed by atoms with Crippen LogP contribution in [0.1, 0.15) is 65.0 Å². The average molecular weight is 445 g/mol. The average Bonchev–Trinajstić information content (AvgIpc) is 3.06. The van der Waals surface area contributed by atoms with Gasteiger partial charge in [-0.3, -0.25) is 4.57 Å². The lowest BCUT2D eigenvalue weighted by molar-refractivity contribution is -0.0138. The Labute approximate surface area is 190 Å². The van der Waals surface area contributed by atoms with Gasteiger partial charge in [0.25, 0.3) is 0 Å². The molecule has 3 rings (SSSR count). The normalized spacial score (nSPS) is 19.8. The van der Waals surface area contributed by atoms with Crippen LogP contribution < -0.4 is 0 Å². The summed E-state index contributed by atoms with van der Waals surface area (Å²) < 4.78 is 18.6. The van der Waals surface area contributed by atoms with E-state index in [1.54, 1.807) is 16.6 Å². The summed E-state index contributed by atoms with van der Waals surface area (Å²) in [5.74, 6) is 0.0340. The smallest absolute Gasteiger partial charge is 0.419 e. The van der Waals surface area contributed by atoms with Crippen molar-refractivity contribution in [3.63, 3.8) is 0 Å². The van der Waals surface area contributed by atoms with Gasteiger partial charge in [-0.1, -0.05) is 18.2 Å². The fourth-order valence-electron chi connectivity index (χ4n) is 4.24. The molecule has 2 heterocycles. The van der Waals surface area contributed by atoms with Crippen molar-refractivity contribution in [2.24, 2.45) is 0 Å². The zero-order chi connectivity index (χ0) is 23.8. The largest absolute Gasteiger partial charge is 0.444 e. The summed E-state index contributed by atoms with van der Waals surface area (Å²) in [6.45, 7) is 14.1. The second-order valence-electron chi connectivity index (χ2n) is 10.5. The Hall–Kier alpha value is -2.54. The Morgan fingerprint density at radius 3 is 2.22 bits per heavy atom. The number of nitrogens with zero attached hydrogens (tertiary/aromatic N) is 2. The molecule has 0 radical (unpaired) electrons. The lowest BCUT2D eigenvalue weighted by Crippen LogP contribution is -2.48. The van der Waals surface area contributed by atoms with E-state index in [2.05, 4.69) is 0 Å². The van der Waals surface area contributed by atoms with E-state index in [9.17, 15) is 9.59 Å². The van der Waals surface area contributed by atoms with Crippen molar-refractivity contribution in [3.8, 4) is 0 Å². The molecule has 7 heteroatoms. The number of carbonyl (C=O) groups is 2. The molecule has 1 aromatic heterocycles. The maximum Gasteiger partial charge on any atom is 0.419 e. The van der Waals surface area contributed by atoms with Gasteiger partial charge in [-0.15, -0.1) is 0 Å². The van der Waals surface area contributed by atoms with Crippen molar-refractivity contribution in [1.29, 1.82) is 0 Å². The third kappa shape index (κ3) is 5.26. The van der Waals surface area contributed by atoms with Gasteiger partial charge in [0, 0.05) is 31.2 Å². The highest BCUT2D eigenvalue weighted by molar-refractivity contribution is 5.94. The number of rotatable bonds is 2. The summed E-state index contributed by atoms with van der Waals surface area (Å²) in [6, 6.07) is 6.02. The van der Waals surface area contributed by atoms with E-state index in [0.29, 0.717) is 19.5 Å². The fourth-order valence-corrected chi connectivity index (χ4v) is 4.24. The van der Waals surface area contributed by atoms with E-state index >= 15 is 0 Å². The minimum atomic E-state index is -0.593. The van der Waals surface area contributed by atoms with Gasteiger partial charge >= 0.3 is 12.2 Å². The van der Waals surface area contributed by atoms with E-state index in [4.69, 9.17) is 14.2 Å². The molecule has 0 N–H and O–H groups in total. The Morgan fingerprint density at radius 1 is 1.00 bits per heavy atom. The number of hydrogen-bond acceptors (Lipinski definition) is 5. The molecule has 32 heavy (non-hydrogen) atoms. The minimum Gasteiger partial charge on any atom is -0.444 e. The number of ether oxygens (including phenoxy) is 3. The summed E-state index contributed by atoms with van der Waals surface area (Å²) in [7, 11) is 1.66. The van der Waals surface area contributed by atoms with Crippen molar-refractivity contribution < 1.29 is 23.8 Å². The van der Waals surface area contributed by atoms with Crippen LogP contribution in [0, 0.1) is 6.92 Å². The molecule has 1 saturated heterocycles. The van der Waals surface area contributed by atoms with Crippen LogP contribution in [0.25, 0.3) is 10.9 Å². The van der Waals surface area contributed by atoms with Crippen LogP contribution in [0.2, 0.25) is 0 Å². The Kier molecular flexibility index (Phi) is 6.61. The number of carbonyl (C=O) groups excluding carboxylic acids is 2. The van der Waals surface area contributed by atoms with Crippen LogP contribution in [-0.4, -0.2) is 59.2 Å². The van der Waals surface area contributed by atoms with Gasteiger partial charge in [-0.2, -0.15) is 0 Å². The second-order valence-corrected chi connectivity index (χ2v) is 10.5. The number of aromatic nitrogens is 1. The first-order valence-electron chi connectivity index (χ1n) is 11.2. The minimum absolute atomic E-state index is 0.0340. The molecule has 2 unspecified atom stereocenters. The van der Waals surface area contributed by atoms with E-state index in [0.717, 1.165) is 22.0 Å². The van der Waals surface area contributed by atoms with Gasteiger partial charge in [-0.25, -0.2) is 9.59 Å². The van der Waals surface area contributed by atoms with E-state index in [-0.39, 0.29) is 18.1 Å². The van der Waals surface area contributed by atoms with Crippen molar-refractivity contribution in [1.82, 2.24) is 9.47 Å². The number of para-hydroxylation sites is 1. The first-order chi connectivity index (χ1) is 14.8. The molecule has 0 saturated carbocycles.